The summed E-state index contributed by atoms with van der Waals surface area (Å²) in [6.07, 6.45) is 2.45. The lowest BCUT2D eigenvalue weighted by Gasteiger charge is -2.11. The summed E-state index contributed by atoms with van der Waals surface area (Å²) in [5.74, 6) is 0.101. The van der Waals surface area contributed by atoms with Gasteiger partial charge in [0.1, 0.15) is 0 Å². The Kier molecular flexibility index (Phi) is 8.67. The normalized spacial score (nSPS) is 10.5. The van der Waals surface area contributed by atoms with Crippen LogP contribution in [0.2, 0.25) is 0 Å². The van der Waals surface area contributed by atoms with E-state index >= 15 is 0 Å². The van der Waals surface area contributed by atoms with Crippen molar-refractivity contribution >= 4 is 5.91 Å². The van der Waals surface area contributed by atoms with Crippen LogP contribution < -0.4 is 10.6 Å². The van der Waals surface area contributed by atoms with E-state index < -0.39 is 0 Å². The molecule has 112 valence electrons. The van der Waals surface area contributed by atoms with E-state index in [1.54, 1.807) is 0 Å². The first-order valence-electron chi connectivity index (χ1n) is 7.33. The summed E-state index contributed by atoms with van der Waals surface area (Å²) in [6.45, 7) is 4.92. The zero-order valence-corrected chi connectivity index (χ0v) is 12.6. The first-order chi connectivity index (χ1) is 9.77. The number of carbonyl (C=O) groups excluding carboxylic acids is 1. The van der Waals surface area contributed by atoms with Crippen molar-refractivity contribution in [2.75, 3.05) is 20.2 Å². The molecule has 0 unspecified atom stereocenters. The standard InChI is InChI=1S/C16H26N2O2/c1-3-11-20-13-15-8-5-4-7-14(15)12-18-16(19)9-6-10-17-2/h4-5,7-8,17H,3,6,9-13H2,1-2H3,(H,18,19). The molecule has 20 heavy (non-hydrogen) atoms. The van der Waals surface area contributed by atoms with Crippen molar-refractivity contribution in [1.29, 1.82) is 0 Å². The molecular weight excluding hydrogens is 252 g/mol. The van der Waals surface area contributed by atoms with Crippen LogP contribution in [-0.2, 0) is 22.7 Å². The van der Waals surface area contributed by atoms with Crippen LogP contribution in [0.1, 0.15) is 37.3 Å². The average molecular weight is 278 g/mol. The molecule has 1 aromatic rings. The highest BCUT2D eigenvalue weighted by Gasteiger charge is 2.04. The fraction of sp³-hybridized carbons (Fsp3) is 0.562. The second-order valence-corrected chi connectivity index (χ2v) is 4.81. The Morgan fingerprint density at radius 1 is 1.25 bits per heavy atom. The van der Waals surface area contributed by atoms with Crippen molar-refractivity contribution < 1.29 is 9.53 Å². The lowest BCUT2D eigenvalue weighted by molar-refractivity contribution is -0.121. The van der Waals surface area contributed by atoms with Gasteiger partial charge in [-0.1, -0.05) is 31.2 Å². The van der Waals surface area contributed by atoms with E-state index in [0.717, 1.165) is 37.1 Å². The summed E-state index contributed by atoms with van der Waals surface area (Å²) in [6, 6.07) is 8.09. The summed E-state index contributed by atoms with van der Waals surface area (Å²) in [5, 5.41) is 6.00. The molecule has 2 N–H and O–H groups in total. The lowest BCUT2D eigenvalue weighted by Crippen LogP contribution is -2.24. The van der Waals surface area contributed by atoms with Gasteiger partial charge in [-0.25, -0.2) is 0 Å². The Bertz CT molecular complexity index is 394. The fourth-order valence-corrected chi connectivity index (χ4v) is 1.91. The molecule has 4 heteroatoms. The quantitative estimate of drug-likeness (QED) is 0.645. The van der Waals surface area contributed by atoms with Gasteiger partial charge in [0.05, 0.1) is 6.61 Å². The molecule has 1 amide bonds. The number of ether oxygens (including phenoxy) is 1. The maximum absolute atomic E-state index is 11.7. The van der Waals surface area contributed by atoms with Gasteiger partial charge in [-0.3, -0.25) is 4.79 Å². The Balaban J connectivity index is 2.40. The monoisotopic (exact) mass is 278 g/mol. The SMILES string of the molecule is CCCOCc1ccccc1CNC(=O)CCCNC. The summed E-state index contributed by atoms with van der Waals surface area (Å²) in [5.41, 5.74) is 2.28. The maximum Gasteiger partial charge on any atom is 0.220 e. The molecule has 0 aliphatic carbocycles. The number of nitrogens with one attached hydrogen (secondary N) is 2. The third kappa shape index (κ3) is 6.68. The molecule has 1 aromatic carbocycles. The molecule has 0 aromatic heterocycles. The molecule has 0 fully saturated rings. The lowest BCUT2D eigenvalue weighted by atomic mass is 10.1. The second kappa shape index (κ2) is 10.4. The van der Waals surface area contributed by atoms with Gasteiger partial charge in [-0.05, 0) is 37.6 Å². The number of hydrogen-bond donors (Lipinski definition) is 2. The topological polar surface area (TPSA) is 50.4 Å². The van der Waals surface area contributed by atoms with Crippen molar-refractivity contribution in [2.45, 2.75) is 39.3 Å². The molecule has 0 atom stereocenters. The molecule has 1 rings (SSSR count). The van der Waals surface area contributed by atoms with Crippen LogP contribution in [0.4, 0.5) is 0 Å². The maximum atomic E-state index is 11.7. The van der Waals surface area contributed by atoms with Crippen LogP contribution in [0, 0.1) is 0 Å². The first kappa shape index (κ1) is 16.7. The molecular formula is C16H26N2O2. The highest BCUT2D eigenvalue weighted by molar-refractivity contribution is 5.75. The van der Waals surface area contributed by atoms with Gasteiger partial charge in [0, 0.05) is 19.6 Å². The average Bonchev–Trinajstić information content (AvgIpc) is 2.47. The van der Waals surface area contributed by atoms with Crippen molar-refractivity contribution in [2.24, 2.45) is 0 Å². The molecule has 0 saturated heterocycles. The largest absolute Gasteiger partial charge is 0.377 e. The minimum Gasteiger partial charge on any atom is -0.377 e. The summed E-state index contributed by atoms with van der Waals surface area (Å²) in [7, 11) is 1.89. The predicted octanol–water partition coefficient (Wildman–Crippen LogP) is 2.23. The Labute approximate surface area is 121 Å². The molecule has 4 nitrogen and oxygen atoms in total. The second-order valence-electron chi connectivity index (χ2n) is 4.81. The van der Waals surface area contributed by atoms with Crippen LogP contribution in [0.5, 0.6) is 0 Å². The molecule has 0 spiro atoms. The summed E-state index contributed by atoms with van der Waals surface area (Å²) in [4.78, 5) is 11.7. The van der Waals surface area contributed by atoms with Crippen molar-refractivity contribution in [1.82, 2.24) is 10.6 Å². The van der Waals surface area contributed by atoms with E-state index in [1.807, 2.05) is 25.2 Å². The van der Waals surface area contributed by atoms with Gasteiger partial charge in [0.2, 0.25) is 5.91 Å². The fourth-order valence-electron chi connectivity index (χ4n) is 1.91. The highest BCUT2D eigenvalue weighted by Crippen LogP contribution is 2.10. The van der Waals surface area contributed by atoms with Crippen LogP contribution >= 0.6 is 0 Å². The van der Waals surface area contributed by atoms with E-state index in [9.17, 15) is 4.79 Å². The van der Waals surface area contributed by atoms with Crippen LogP contribution in [0.25, 0.3) is 0 Å². The molecule has 0 heterocycles. The van der Waals surface area contributed by atoms with Crippen LogP contribution in [0.3, 0.4) is 0 Å². The molecule has 0 bridgehead atoms. The van der Waals surface area contributed by atoms with E-state index in [0.29, 0.717) is 19.6 Å². The van der Waals surface area contributed by atoms with Crippen LogP contribution in [0.15, 0.2) is 24.3 Å². The van der Waals surface area contributed by atoms with Gasteiger partial charge in [0.15, 0.2) is 0 Å². The number of carbonyl (C=O) groups is 1. The summed E-state index contributed by atoms with van der Waals surface area (Å²) < 4.78 is 5.57. The number of benzene rings is 1. The van der Waals surface area contributed by atoms with E-state index in [-0.39, 0.29) is 5.91 Å². The highest BCUT2D eigenvalue weighted by atomic mass is 16.5. The third-order valence-electron chi connectivity index (χ3n) is 3.03. The van der Waals surface area contributed by atoms with Gasteiger partial charge in [0.25, 0.3) is 0 Å². The van der Waals surface area contributed by atoms with Crippen LogP contribution in [-0.4, -0.2) is 26.1 Å². The van der Waals surface area contributed by atoms with Gasteiger partial charge in [-0.15, -0.1) is 0 Å². The van der Waals surface area contributed by atoms with E-state index in [4.69, 9.17) is 4.74 Å². The third-order valence-corrected chi connectivity index (χ3v) is 3.03. The van der Waals surface area contributed by atoms with Crippen molar-refractivity contribution in [3.8, 4) is 0 Å². The van der Waals surface area contributed by atoms with E-state index in [2.05, 4.69) is 23.6 Å². The molecule has 0 radical (unpaired) electrons. The minimum atomic E-state index is 0.101. The molecule has 0 saturated carbocycles. The smallest absolute Gasteiger partial charge is 0.220 e. The van der Waals surface area contributed by atoms with E-state index in [1.165, 1.54) is 0 Å². The minimum absolute atomic E-state index is 0.101. The number of rotatable bonds is 10. The van der Waals surface area contributed by atoms with Gasteiger partial charge >= 0.3 is 0 Å². The van der Waals surface area contributed by atoms with Gasteiger partial charge in [-0.2, -0.15) is 0 Å². The van der Waals surface area contributed by atoms with Crippen molar-refractivity contribution in [3.63, 3.8) is 0 Å². The molecule has 0 aliphatic rings. The van der Waals surface area contributed by atoms with Crippen molar-refractivity contribution in [3.05, 3.63) is 35.4 Å². The Morgan fingerprint density at radius 2 is 2.00 bits per heavy atom. The zero-order valence-electron chi connectivity index (χ0n) is 12.6. The number of amides is 1. The summed E-state index contributed by atoms with van der Waals surface area (Å²) >= 11 is 0. The Morgan fingerprint density at radius 3 is 2.70 bits per heavy atom. The predicted molar refractivity (Wildman–Crippen MR) is 81.4 cm³/mol. The number of hydrogen-bond acceptors (Lipinski definition) is 3. The molecule has 0 aliphatic heterocycles. The first-order valence-corrected chi connectivity index (χ1v) is 7.33. The zero-order chi connectivity index (χ0) is 14.6. The Hall–Kier alpha value is -1.39. The van der Waals surface area contributed by atoms with Gasteiger partial charge < -0.3 is 15.4 Å².